The molecule has 0 radical (unpaired) electrons. The summed E-state index contributed by atoms with van der Waals surface area (Å²) < 4.78 is 10.9. The number of carbonyl (C=O) groups excluding carboxylic acids is 3. The van der Waals surface area contributed by atoms with Gasteiger partial charge in [-0.1, -0.05) is 52.3 Å². The van der Waals surface area contributed by atoms with Gasteiger partial charge in [-0.3, -0.25) is 14.4 Å². The SMILES string of the molecule is C=Cc1c2[nH]c(c1C)/C=C1\N/C(=C3\c4[nH]c(cc4C(=O)[C@@H]3C(=O)OC)/C=c3\[nH]/c(c(C)c3CC)=C\2)[C@@H](CCC(=O)OC/C=C(\C)CCCC(C)C)[C@@H]1C. The lowest BCUT2D eigenvalue weighted by atomic mass is 9.85. The molecule has 0 spiro atoms. The number of aromatic amines is 3. The third kappa shape index (κ3) is 7.31. The Kier molecular flexibility index (Phi) is 11.0. The summed E-state index contributed by atoms with van der Waals surface area (Å²) in [5, 5.41) is 5.60. The lowest BCUT2D eigenvalue weighted by Gasteiger charge is -2.19. The van der Waals surface area contributed by atoms with E-state index in [0.717, 1.165) is 75.1 Å². The van der Waals surface area contributed by atoms with Crippen LogP contribution in [0.25, 0.3) is 29.9 Å². The van der Waals surface area contributed by atoms with Crippen LogP contribution in [0, 0.1) is 37.5 Å². The normalized spacial score (nSPS) is 22.8. The van der Waals surface area contributed by atoms with Crippen molar-refractivity contribution in [3.05, 3.63) is 97.0 Å². The summed E-state index contributed by atoms with van der Waals surface area (Å²) in [6, 6.07) is 1.83. The molecular weight excluding hydrogens is 665 g/mol. The molecule has 53 heavy (non-hydrogen) atoms. The molecule has 5 heterocycles. The minimum Gasteiger partial charge on any atom is -0.468 e. The average Bonchev–Trinajstić information content (AvgIpc) is 3.88. The van der Waals surface area contributed by atoms with E-state index >= 15 is 0 Å². The van der Waals surface area contributed by atoms with Crippen molar-refractivity contribution in [2.45, 2.75) is 87.0 Å². The number of esters is 2. The number of Topliss-reactive ketones (excluding diaryl/α,β-unsaturated/α-hetero) is 1. The third-order valence-corrected chi connectivity index (χ3v) is 11.3. The van der Waals surface area contributed by atoms with E-state index in [-0.39, 0.29) is 36.6 Å². The van der Waals surface area contributed by atoms with Gasteiger partial charge in [0, 0.05) is 74.1 Å². The minimum absolute atomic E-state index is 0.0789. The first-order valence-corrected chi connectivity index (χ1v) is 19.0. The molecule has 3 atom stereocenters. The summed E-state index contributed by atoms with van der Waals surface area (Å²) in [4.78, 5) is 51.4. The Balaban J connectivity index is 1.45. The number of H-pyrrole nitrogens is 3. The number of nitrogens with one attached hydrogen (secondary N) is 4. The van der Waals surface area contributed by atoms with Crippen molar-refractivity contribution < 1.29 is 23.9 Å². The summed E-state index contributed by atoms with van der Waals surface area (Å²) in [6.45, 7) is 19.4. The number of allylic oxidation sites excluding steroid dienone is 3. The number of rotatable bonds is 12. The maximum Gasteiger partial charge on any atom is 0.321 e. The Morgan fingerprint density at radius 3 is 2.49 bits per heavy atom. The van der Waals surface area contributed by atoms with Crippen molar-refractivity contribution >= 4 is 47.6 Å². The van der Waals surface area contributed by atoms with Crippen LogP contribution in [0.3, 0.4) is 0 Å². The summed E-state index contributed by atoms with van der Waals surface area (Å²) >= 11 is 0. The van der Waals surface area contributed by atoms with Gasteiger partial charge in [0.1, 0.15) is 12.5 Å². The molecule has 1 fully saturated rings. The monoisotopic (exact) mass is 718 g/mol. The summed E-state index contributed by atoms with van der Waals surface area (Å²) in [5.74, 6) is -1.96. The van der Waals surface area contributed by atoms with E-state index < -0.39 is 11.9 Å². The van der Waals surface area contributed by atoms with Crippen molar-refractivity contribution in [2.75, 3.05) is 13.7 Å². The Bertz CT molecular complexity index is 2180. The summed E-state index contributed by atoms with van der Waals surface area (Å²) in [7, 11) is 1.31. The number of ether oxygens (including phenoxy) is 2. The van der Waals surface area contributed by atoms with E-state index in [4.69, 9.17) is 9.47 Å². The van der Waals surface area contributed by atoms with Crippen LogP contribution >= 0.6 is 0 Å². The maximum atomic E-state index is 14.1. The number of carbonyl (C=O) groups is 3. The number of fused-ring (bicyclic) bond motifs is 7. The van der Waals surface area contributed by atoms with Gasteiger partial charge in [-0.05, 0) is 99.4 Å². The zero-order chi connectivity index (χ0) is 38.1. The number of aromatic nitrogens is 3. The molecule has 6 rings (SSSR count). The van der Waals surface area contributed by atoms with E-state index in [0.29, 0.717) is 29.2 Å². The van der Waals surface area contributed by atoms with Crippen LogP contribution in [0.2, 0.25) is 0 Å². The Morgan fingerprint density at radius 2 is 1.79 bits per heavy atom. The van der Waals surface area contributed by atoms with Gasteiger partial charge in [0.05, 0.1) is 12.8 Å². The fourth-order valence-electron chi connectivity index (χ4n) is 8.23. The first kappa shape index (κ1) is 37.7. The molecule has 0 saturated carbocycles. The Hall–Kier alpha value is -5.05. The predicted molar refractivity (Wildman–Crippen MR) is 211 cm³/mol. The molecule has 0 aromatic carbocycles. The van der Waals surface area contributed by atoms with Crippen LogP contribution in [0.1, 0.15) is 122 Å². The van der Waals surface area contributed by atoms with Gasteiger partial charge >= 0.3 is 11.9 Å². The highest BCUT2D eigenvalue weighted by atomic mass is 16.5. The van der Waals surface area contributed by atoms with Crippen LogP contribution in [-0.4, -0.2) is 46.4 Å². The van der Waals surface area contributed by atoms with Gasteiger partial charge in [0.2, 0.25) is 0 Å². The second kappa shape index (κ2) is 15.5. The van der Waals surface area contributed by atoms with Crippen LogP contribution in [0.5, 0.6) is 0 Å². The van der Waals surface area contributed by atoms with Crippen molar-refractivity contribution in [1.82, 2.24) is 20.3 Å². The fourth-order valence-corrected chi connectivity index (χ4v) is 8.23. The first-order chi connectivity index (χ1) is 25.4. The molecule has 3 aromatic rings. The average molecular weight is 719 g/mol. The molecule has 3 aliphatic rings. The predicted octanol–water partition coefficient (Wildman–Crippen LogP) is 7.15. The molecule has 9 heteroatoms. The van der Waals surface area contributed by atoms with E-state index in [9.17, 15) is 14.4 Å². The molecule has 4 N–H and O–H groups in total. The molecular formula is C44H54N4O5. The molecule has 0 unspecified atom stereocenters. The standard InChI is InChI=1S/C44H54N4O5/c1-10-29-25(6)34-22-37-30(11-2)26(7)33(47-37)21-35-27(8)31(15-16-38(49)53-18-17-24(5)14-12-13-23(3)4)41(48-35)39-40(44(51)52-9)43(50)32-19-28(45-42(32)39)20-36(29)46-34/h11,17,19-23,27,31,40,45-48H,2,10,12-16,18H2,1,3-9H3/b24-17+,34-22-,35-21-,36-20-,41-39-/t27-,31-,40+/m0/s1. The molecule has 8 bridgehead atoms. The van der Waals surface area contributed by atoms with Crippen LogP contribution in [-0.2, 0) is 25.5 Å². The highest BCUT2D eigenvalue weighted by Crippen LogP contribution is 2.47. The highest BCUT2D eigenvalue weighted by molar-refractivity contribution is 6.23. The van der Waals surface area contributed by atoms with E-state index in [1.54, 1.807) is 0 Å². The lowest BCUT2D eigenvalue weighted by Crippen LogP contribution is -2.25. The second-order valence-electron chi connectivity index (χ2n) is 15.2. The van der Waals surface area contributed by atoms with Crippen molar-refractivity contribution in [2.24, 2.45) is 23.7 Å². The molecule has 2 aliphatic heterocycles. The molecule has 9 nitrogen and oxygen atoms in total. The summed E-state index contributed by atoms with van der Waals surface area (Å²) in [5.41, 5.74) is 11.5. The van der Waals surface area contributed by atoms with Crippen molar-refractivity contribution in [3.63, 3.8) is 0 Å². The molecule has 280 valence electrons. The van der Waals surface area contributed by atoms with Crippen LogP contribution < -0.4 is 16.0 Å². The first-order valence-electron chi connectivity index (χ1n) is 19.0. The quantitative estimate of drug-likeness (QED) is 0.0895. The highest BCUT2D eigenvalue weighted by Gasteiger charge is 2.47. The van der Waals surface area contributed by atoms with E-state index in [1.165, 1.54) is 24.7 Å². The zero-order valence-corrected chi connectivity index (χ0v) is 32.5. The van der Waals surface area contributed by atoms with E-state index in [1.807, 2.05) is 24.3 Å². The number of hydrogen-bond donors (Lipinski definition) is 4. The van der Waals surface area contributed by atoms with Gasteiger partial charge in [0.25, 0.3) is 0 Å². The van der Waals surface area contributed by atoms with Gasteiger partial charge in [-0.15, -0.1) is 0 Å². The number of methoxy groups -OCH3 is 1. The largest absolute Gasteiger partial charge is 0.468 e. The third-order valence-electron chi connectivity index (χ3n) is 11.3. The topological polar surface area (TPSA) is 129 Å². The maximum absolute atomic E-state index is 14.1. The van der Waals surface area contributed by atoms with Gasteiger partial charge in [-0.25, -0.2) is 0 Å². The molecule has 0 amide bonds. The van der Waals surface area contributed by atoms with Crippen LogP contribution in [0.4, 0.5) is 0 Å². The van der Waals surface area contributed by atoms with Gasteiger partial charge < -0.3 is 29.7 Å². The molecule has 3 aromatic heterocycles. The van der Waals surface area contributed by atoms with E-state index in [2.05, 4.69) is 87.5 Å². The fraction of sp³-hybridized carbons (Fsp3) is 0.432. The second-order valence-corrected chi connectivity index (χ2v) is 15.2. The van der Waals surface area contributed by atoms with Crippen molar-refractivity contribution in [1.29, 1.82) is 0 Å². The van der Waals surface area contributed by atoms with Gasteiger partial charge in [-0.2, -0.15) is 0 Å². The number of hydrogen-bond acceptors (Lipinski definition) is 6. The molecule has 1 aliphatic carbocycles. The summed E-state index contributed by atoms with van der Waals surface area (Å²) in [6.07, 6.45) is 14.9. The number of ketones is 1. The van der Waals surface area contributed by atoms with Crippen molar-refractivity contribution in [3.8, 4) is 0 Å². The Morgan fingerprint density at radius 1 is 1.02 bits per heavy atom. The lowest BCUT2D eigenvalue weighted by molar-refractivity contribution is -0.143. The zero-order valence-electron chi connectivity index (χ0n) is 32.5. The smallest absolute Gasteiger partial charge is 0.321 e. The minimum atomic E-state index is -1.13. The molecule has 1 saturated heterocycles. The van der Waals surface area contributed by atoms with Crippen LogP contribution in [0.15, 0.2) is 35.7 Å². The Labute approximate surface area is 312 Å². The van der Waals surface area contributed by atoms with Gasteiger partial charge in [0.15, 0.2) is 5.78 Å².